The van der Waals surface area contributed by atoms with Crippen molar-refractivity contribution in [3.05, 3.63) is 155 Å². The molecule has 0 spiro atoms. The fourth-order valence-electron chi connectivity index (χ4n) is 3.77. The van der Waals surface area contributed by atoms with Gasteiger partial charge in [-0.1, -0.05) is 162 Å². The SMILES string of the molecule is CCC1=CC(C)=CCC1.Cc1ccc(-c2ccccc2)cc1.Cc1ccc(C)cc1.Cc1ccccc1. The van der Waals surface area contributed by atoms with E-state index in [0.717, 1.165) is 0 Å². The maximum absolute atomic E-state index is 2.31. The molecule has 0 aromatic heterocycles. The van der Waals surface area contributed by atoms with E-state index in [0.29, 0.717) is 0 Å². The van der Waals surface area contributed by atoms with Crippen LogP contribution in [0.4, 0.5) is 0 Å². The molecule has 0 saturated heterocycles. The summed E-state index contributed by atoms with van der Waals surface area (Å²) in [7, 11) is 0. The predicted molar refractivity (Wildman–Crippen MR) is 165 cm³/mol. The second-order valence-electron chi connectivity index (χ2n) is 9.68. The van der Waals surface area contributed by atoms with Gasteiger partial charge in [-0.05, 0) is 65.0 Å². The average molecular weight is 489 g/mol. The van der Waals surface area contributed by atoms with Crippen LogP contribution in [0.2, 0.25) is 0 Å². The third-order valence-electron chi connectivity index (χ3n) is 6.14. The molecule has 4 aromatic carbocycles. The lowest BCUT2D eigenvalue weighted by atomic mass is 9.99. The van der Waals surface area contributed by atoms with Crippen LogP contribution in [0.5, 0.6) is 0 Å². The number of rotatable bonds is 2. The standard InChI is InChI=1S/C13H12.C9H14.C8H10.C7H8/c1-11-7-9-13(10-8-11)12-5-3-2-4-6-12;1-3-9-6-4-5-8(2)7-9;1-7-3-5-8(2)6-4-7;1-7-5-3-2-4-6-7/h2-10H,1H3;5,7H,3-4,6H2,1-2H3;3-6H,1-2H3;2-6H,1H3. The Balaban J connectivity index is 0.000000179. The Morgan fingerprint density at radius 3 is 1.27 bits per heavy atom. The number of hydrogen-bond donors (Lipinski definition) is 0. The van der Waals surface area contributed by atoms with Crippen LogP contribution in [-0.2, 0) is 0 Å². The zero-order valence-electron chi connectivity index (χ0n) is 23.7. The van der Waals surface area contributed by atoms with Gasteiger partial charge in [0.2, 0.25) is 0 Å². The van der Waals surface area contributed by atoms with Gasteiger partial charge >= 0.3 is 0 Å². The minimum Gasteiger partial charge on any atom is -0.0813 e. The largest absolute Gasteiger partial charge is 0.0813 e. The summed E-state index contributed by atoms with van der Waals surface area (Å²) in [5, 5.41) is 0. The maximum atomic E-state index is 2.31. The summed E-state index contributed by atoms with van der Waals surface area (Å²) in [4.78, 5) is 0. The molecule has 0 N–H and O–H groups in total. The fraction of sp³-hybridized carbons (Fsp3) is 0.243. The van der Waals surface area contributed by atoms with Gasteiger partial charge in [-0.15, -0.1) is 0 Å². The Bertz CT molecular complexity index is 1170. The zero-order valence-corrected chi connectivity index (χ0v) is 23.7. The van der Waals surface area contributed by atoms with Gasteiger partial charge in [0.15, 0.2) is 0 Å². The predicted octanol–water partition coefficient (Wildman–Crippen LogP) is 11.0. The van der Waals surface area contributed by atoms with E-state index < -0.39 is 0 Å². The van der Waals surface area contributed by atoms with E-state index in [9.17, 15) is 0 Å². The highest BCUT2D eigenvalue weighted by atomic mass is 14.0. The Morgan fingerprint density at radius 2 is 0.892 bits per heavy atom. The number of aryl methyl sites for hydroxylation is 4. The van der Waals surface area contributed by atoms with Gasteiger partial charge in [-0.2, -0.15) is 0 Å². The summed E-state index contributed by atoms with van der Waals surface area (Å²) >= 11 is 0. The number of allylic oxidation sites excluding steroid dienone is 4. The van der Waals surface area contributed by atoms with Gasteiger partial charge in [0.1, 0.15) is 0 Å². The van der Waals surface area contributed by atoms with Gasteiger partial charge in [0, 0.05) is 0 Å². The molecule has 0 bridgehead atoms. The molecule has 1 aliphatic carbocycles. The topological polar surface area (TPSA) is 0 Å². The molecular formula is C37H44. The zero-order chi connectivity index (χ0) is 26.9. The van der Waals surface area contributed by atoms with Crippen molar-refractivity contribution in [2.24, 2.45) is 0 Å². The fourth-order valence-corrected chi connectivity index (χ4v) is 3.77. The van der Waals surface area contributed by atoms with Crippen molar-refractivity contribution in [3.63, 3.8) is 0 Å². The lowest BCUT2D eigenvalue weighted by Gasteiger charge is -2.08. The summed E-state index contributed by atoms with van der Waals surface area (Å²) in [6.45, 7) is 12.8. The molecule has 192 valence electrons. The molecule has 0 nitrogen and oxygen atoms in total. The number of benzene rings is 4. The summed E-state index contributed by atoms with van der Waals surface area (Å²) in [6.07, 6.45) is 8.38. The third-order valence-corrected chi connectivity index (χ3v) is 6.14. The molecule has 0 atom stereocenters. The third kappa shape index (κ3) is 12.8. The lowest BCUT2D eigenvalue weighted by Crippen LogP contribution is -1.87. The molecule has 0 amide bonds. The second kappa shape index (κ2) is 16.9. The van der Waals surface area contributed by atoms with Crippen LogP contribution in [0.3, 0.4) is 0 Å². The quantitative estimate of drug-likeness (QED) is 0.263. The first-order valence-electron chi connectivity index (χ1n) is 13.4. The minimum absolute atomic E-state index is 1.23. The summed E-state index contributed by atoms with van der Waals surface area (Å²) in [6, 6.07) is 37.8. The Labute approximate surface area is 226 Å². The van der Waals surface area contributed by atoms with Crippen LogP contribution in [0.1, 0.15) is 55.4 Å². The highest BCUT2D eigenvalue weighted by Gasteiger charge is 1.98. The van der Waals surface area contributed by atoms with Gasteiger partial charge in [0.05, 0.1) is 0 Å². The molecule has 0 unspecified atom stereocenters. The van der Waals surface area contributed by atoms with E-state index >= 15 is 0 Å². The van der Waals surface area contributed by atoms with Gasteiger partial charge in [0.25, 0.3) is 0 Å². The minimum atomic E-state index is 1.23. The molecule has 0 aliphatic heterocycles. The van der Waals surface area contributed by atoms with Crippen molar-refractivity contribution in [2.75, 3.05) is 0 Å². The van der Waals surface area contributed by atoms with Crippen molar-refractivity contribution in [1.82, 2.24) is 0 Å². The molecule has 0 heteroatoms. The Morgan fingerprint density at radius 1 is 0.486 bits per heavy atom. The second-order valence-corrected chi connectivity index (χ2v) is 9.68. The van der Waals surface area contributed by atoms with Crippen LogP contribution in [0.15, 0.2) is 132 Å². The molecule has 0 fully saturated rings. The van der Waals surface area contributed by atoms with E-state index in [1.54, 1.807) is 5.57 Å². The highest BCUT2D eigenvalue weighted by molar-refractivity contribution is 5.63. The first kappa shape index (κ1) is 29.6. The van der Waals surface area contributed by atoms with Crippen LogP contribution < -0.4 is 0 Å². The summed E-state index contributed by atoms with van der Waals surface area (Å²) < 4.78 is 0. The Kier molecular flexibility index (Phi) is 13.5. The smallest absolute Gasteiger partial charge is 0.0184 e. The average Bonchev–Trinajstić information content (AvgIpc) is 2.93. The molecule has 0 radical (unpaired) electrons. The Hall–Kier alpha value is -3.64. The maximum Gasteiger partial charge on any atom is -0.0184 e. The molecule has 0 heterocycles. The normalized spacial score (nSPS) is 11.7. The van der Waals surface area contributed by atoms with E-state index in [1.807, 2.05) is 24.3 Å². The van der Waals surface area contributed by atoms with E-state index in [4.69, 9.17) is 0 Å². The lowest BCUT2D eigenvalue weighted by molar-refractivity contribution is 0.883. The van der Waals surface area contributed by atoms with E-state index in [2.05, 4.69) is 139 Å². The van der Waals surface area contributed by atoms with E-state index in [1.165, 1.54) is 58.2 Å². The monoisotopic (exact) mass is 488 g/mol. The summed E-state index contributed by atoms with van der Waals surface area (Å²) in [5.41, 5.74) is 10.9. The van der Waals surface area contributed by atoms with Gasteiger partial charge < -0.3 is 0 Å². The van der Waals surface area contributed by atoms with Gasteiger partial charge in [-0.25, -0.2) is 0 Å². The van der Waals surface area contributed by atoms with Gasteiger partial charge in [-0.3, -0.25) is 0 Å². The van der Waals surface area contributed by atoms with Crippen LogP contribution in [0.25, 0.3) is 11.1 Å². The van der Waals surface area contributed by atoms with Crippen LogP contribution in [-0.4, -0.2) is 0 Å². The van der Waals surface area contributed by atoms with Crippen molar-refractivity contribution >= 4 is 0 Å². The molecule has 5 rings (SSSR count). The first-order valence-corrected chi connectivity index (χ1v) is 13.4. The van der Waals surface area contributed by atoms with Crippen LogP contribution >= 0.6 is 0 Å². The molecular weight excluding hydrogens is 444 g/mol. The molecule has 0 saturated carbocycles. The number of hydrogen-bond acceptors (Lipinski definition) is 0. The van der Waals surface area contributed by atoms with Crippen molar-refractivity contribution in [2.45, 2.75) is 60.8 Å². The molecule has 37 heavy (non-hydrogen) atoms. The highest BCUT2D eigenvalue weighted by Crippen LogP contribution is 2.19. The van der Waals surface area contributed by atoms with Crippen molar-refractivity contribution in [1.29, 1.82) is 0 Å². The van der Waals surface area contributed by atoms with Crippen LogP contribution in [0, 0.1) is 27.7 Å². The molecule has 4 aromatic rings. The molecule has 1 aliphatic rings. The van der Waals surface area contributed by atoms with Crippen molar-refractivity contribution < 1.29 is 0 Å². The summed E-state index contributed by atoms with van der Waals surface area (Å²) in [5.74, 6) is 0. The van der Waals surface area contributed by atoms with Crippen molar-refractivity contribution in [3.8, 4) is 11.1 Å². The van der Waals surface area contributed by atoms with E-state index in [-0.39, 0.29) is 0 Å². The first-order chi connectivity index (χ1) is 17.9.